The lowest BCUT2D eigenvalue weighted by Gasteiger charge is -2.28. The van der Waals surface area contributed by atoms with Crippen molar-refractivity contribution in [3.63, 3.8) is 0 Å². The molecule has 0 bridgehead atoms. The maximum Gasteiger partial charge on any atom is 0.0762 e. The number of benzene rings is 1. The van der Waals surface area contributed by atoms with Gasteiger partial charge in [0.2, 0.25) is 0 Å². The number of halogens is 1. The summed E-state index contributed by atoms with van der Waals surface area (Å²) in [7, 11) is 0. The smallest absolute Gasteiger partial charge is 0.0762 e. The fraction of sp³-hybridized carbons (Fsp3) is 0.600. The highest BCUT2D eigenvalue weighted by atomic mass is 79.9. The first-order chi connectivity index (χ1) is 9.13. The minimum atomic E-state index is -0.436. The molecule has 1 aliphatic rings. The predicted molar refractivity (Wildman–Crippen MR) is 81.5 cm³/mol. The summed E-state index contributed by atoms with van der Waals surface area (Å²) in [6.07, 6.45) is 3.88. The predicted octanol–water partition coefficient (Wildman–Crippen LogP) is 3.24. The molecule has 1 aliphatic heterocycles. The Morgan fingerprint density at radius 3 is 2.89 bits per heavy atom. The van der Waals surface area contributed by atoms with Gasteiger partial charge in [0.1, 0.15) is 0 Å². The molecule has 1 fully saturated rings. The summed E-state index contributed by atoms with van der Waals surface area (Å²) < 4.78 is 1.04. The van der Waals surface area contributed by atoms with Crippen LogP contribution in [0.4, 0.5) is 5.69 Å². The molecule has 2 rings (SSSR count). The monoisotopic (exact) mass is 327 g/mol. The highest BCUT2D eigenvalue weighted by Crippen LogP contribution is 2.35. The second kappa shape index (κ2) is 6.73. The molecule has 19 heavy (non-hydrogen) atoms. The van der Waals surface area contributed by atoms with E-state index >= 15 is 0 Å². The zero-order chi connectivity index (χ0) is 13.8. The molecule has 0 radical (unpaired) electrons. The summed E-state index contributed by atoms with van der Waals surface area (Å²) in [6.45, 7) is 3.12. The molecule has 1 aromatic carbocycles. The fourth-order valence-corrected chi connectivity index (χ4v) is 3.42. The number of anilines is 1. The Bertz CT molecular complexity index is 423. The van der Waals surface area contributed by atoms with Crippen LogP contribution < -0.4 is 4.90 Å². The lowest BCUT2D eigenvalue weighted by molar-refractivity contribution is 0.199. The number of nitrogens with zero attached hydrogens (tertiary/aromatic N) is 1. The molecule has 0 amide bonds. The highest BCUT2D eigenvalue weighted by Gasteiger charge is 2.25. The topological polar surface area (TPSA) is 43.7 Å². The van der Waals surface area contributed by atoms with E-state index in [1.807, 2.05) is 12.1 Å². The highest BCUT2D eigenvalue weighted by molar-refractivity contribution is 9.10. The van der Waals surface area contributed by atoms with E-state index in [9.17, 15) is 5.11 Å². The summed E-state index contributed by atoms with van der Waals surface area (Å²) in [5.41, 5.74) is 2.13. The van der Waals surface area contributed by atoms with Crippen LogP contribution in [0, 0.1) is 0 Å². The van der Waals surface area contributed by atoms with Crippen LogP contribution >= 0.6 is 15.9 Å². The van der Waals surface area contributed by atoms with Crippen molar-refractivity contribution in [2.75, 3.05) is 18.1 Å². The molecular weight excluding hydrogens is 306 g/mol. The maximum atomic E-state index is 9.61. The summed E-state index contributed by atoms with van der Waals surface area (Å²) in [6, 6.07) is 6.61. The van der Waals surface area contributed by atoms with Crippen molar-refractivity contribution in [3.05, 3.63) is 28.2 Å². The van der Waals surface area contributed by atoms with Crippen molar-refractivity contribution >= 4 is 21.6 Å². The lowest BCUT2D eigenvalue weighted by Crippen LogP contribution is -2.29. The van der Waals surface area contributed by atoms with E-state index < -0.39 is 6.10 Å². The Labute approximate surface area is 123 Å². The molecule has 1 heterocycles. The SMILES string of the molecule is C[C@H](O)c1ccc(N2CCCC2CCCO)c(Br)c1. The molecule has 2 N–H and O–H groups in total. The van der Waals surface area contributed by atoms with Crippen molar-refractivity contribution in [2.24, 2.45) is 0 Å². The van der Waals surface area contributed by atoms with Crippen LogP contribution in [0.1, 0.15) is 44.3 Å². The number of hydrogen-bond acceptors (Lipinski definition) is 3. The summed E-state index contributed by atoms with van der Waals surface area (Å²) in [5.74, 6) is 0. The number of aliphatic hydroxyl groups is 2. The van der Waals surface area contributed by atoms with Gasteiger partial charge >= 0.3 is 0 Å². The first-order valence-corrected chi connectivity index (χ1v) is 7.77. The lowest BCUT2D eigenvalue weighted by atomic mass is 10.1. The van der Waals surface area contributed by atoms with Crippen molar-refractivity contribution < 1.29 is 10.2 Å². The van der Waals surface area contributed by atoms with E-state index in [-0.39, 0.29) is 6.61 Å². The maximum absolute atomic E-state index is 9.61. The van der Waals surface area contributed by atoms with Crippen molar-refractivity contribution in [3.8, 4) is 0 Å². The fourth-order valence-electron chi connectivity index (χ4n) is 2.80. The van der Waals surface area contributed by atoms with E-state index in [1.54, 1.807) is 6.92 Å². The van der Waals surface area contributed by atoms with E-state index in [2.05, 4.69) is 26.9 Å². The molecular formula is C15H22BrNO2. The van der Waals surface area contributed by atoms with Crippen LogP contribution in [-0.4, -0.2) is 29.4 Å². The van der Waals surface area contributed by atoms with E-state index in [0.717, 1.165) is 29.4 Å². The van der Waals surface area contributed by atoms with Crippen molar-refractivity contribution in [1.29, 1.82) is 0 Å². The van der Waals surface area contributed by atoms with Gasteiger partial charge in [0.25, 0.3) is 0 Å². The minimum Gasteiger partial charge on any atom is -0.396 e. The third-order valence-corrected chi connectivity index (χ3v) is 4.47. The van der Waals surface area contributed by atoms with Gasteiger partial charge < -0.3 is 15.1 Å². The second-order valence-electron chi connectivity index (χ2n) is 5.24. The largest absolute Gasteiger partial charge is 0.396 e. The summed E-state index contributed by atoms with van der Waals surface area (Å²) >= 11 is 3.62. The first-order valence-electron chi connectivity index (χ1n) is 6.98. The van der Waals surface area contributed by atoms with E-state index in [4.69, 9.17) is 5.11 Å². The Morgan fingerprint density at radius 2 is 2.26 bits per heavy atom. The zero-order valence-corrected chi connectivity index (χ0v) is 12.9. The van der Waals surface area contributed by atoms with Crippen LogP contribution in [0.15, 0.2) is 22.7 Å². The average Bonchev–Trinajstić information content (AvgIpc) is 2.84. The molecule has 1 unspecified atom stereocenters. The van der Waals surface area contributed by atoms with Gasteiger partial charge in [0.15, 0.2) is 0 Å². The minimum absolute atomic E-state index is 0.270. The molecule has 0 saturated carbocycles. The third-order valence-electron chi connectivity index (χ3n) is 3.84. The van der Waals surface area contributed by atoms with Crippen molar-refractivity contribution in [1.82, 2.24) is 0 Å². The van der Waals surface area contributed by atoms with Gasteiger partial charge in [-0.2, -0.15) is 0 Å². The van der Waals surface area contributed by atoms with Crippen LogP contribution in [0.3, 0.4) is 0 Å². The van der Waals surface area contributed by atoms with Crippen molar-refractivity contribution in [2.45, 2.75) is 44.8 Å². The number of rotatable bonds is 5. The van der Waals surface area contributed by atoms with E-state index in [1.165, 1.54) is 18.5 Å². The zero-order valence-electron chi connectivity index (χ0n) is 11.3. The number of hydrogen-bond donors (Lipinski definition) is 2. The van der Waals surface area contributed by atoms with Crippen LogP contribution in [-0.2, 0) is 0 Å². The molecule has 106 valence electrons. The van der Waals surface area contributed by atoms with Crippen LogP contribution in [0.5, 0.6) is 0 Å². The Hall–Kier alpha value is -0.580. The molecule has 4 heteroatoms. The quantitative estimate of drug-likeness (QED) is 0.872. The van der Waals surface area contributed by atoms with Gasteiger partial charge in [-0.25, -0.2) is 0 Å². The Kier molecular flexibility index (Phi) is 5.25. The average molecular weight is 328 g/mol. The molecule has 0 aromatic heterocycles. The molecule has 1 aromatic rings. The van der Waals surface area contributed by atoms with Gasteiger partial charge in [-0.1, -0.05) is 6.07 Å². The molecule has 0 spiro atoms. The second-order valence-corrected chi connectivity index (χ2v) is 6.10. The standard InChI is InChI=1S/C15H22BrNO2/c1-11(19)12-6-7-15(14(16)10-12)17-8-2-4-13(17)5-3-9-18/h6-7,10-11,13,18-19H,2-5,8-9H2,1H3/t11-,13?/m0/s1. The van der Waals surface area contributed by atoms with E-state index in [0.29, 0.717) is 6.04 Å². The normalized spacial score (nSPS) is 20.8. The van der Waals surface area contributed by atoms with Crippen LogP contribution in [0.2, 0.25) is 0 Å². The van der Waals surface area contributed by atoms with Crippen LogP contribution in [0.25, 0.3) is 0 Å². The van der Waals surface area contributed by atoms with Gasteiger partial charge in [-0.05, 0) is 66.2 Å². The third kappa shape index (κ3) is 3.50. The number of aliphatic hydroxyl groups excluding tert-OH is 2. The summed E-state index contributed by atoms with van der Waals surface area (Å²) in [4.78, 5) is 2.42. The van der Waals surface area contributed by atoms with Gasteiger partial charge in [0, 0.05) is 23.7 Å². The Morgan fingerprint density at radius 1 is 1.47 bits per heavy atom. The van der Waals surface area contributed by atoms with Gasteiger partial charge in [-0.15, -0.1) is 0 Å². The first kappa shape index (κ1) is 14.8. The molecule has 3 nitrogen and oxygen atoms in total. The summed E-state index contributed by atoms with van der Waals surface area (Å²) in [5, 5.41) is 18.6. The van der Waals surface area contributed by atoms with Gasteiger partial charge in [-0.3, -0.25) is 0 Å². The molecule has 2 atom stereocenters. The molecule has 1 saturated heterocycles. The Balaban J connectivity index is 2.16. The molecule has 0 aliphatic carbocycles. The van der Waals surface area contributed by atoms with Gasteiger partial charge in [0.05, 0.1) is 11.8 Å².